The fourth-order valence-corrected chi connectivity index (χ4v) is 1.76. The molecule has 3 nitrogen and oxygen atoms in total. The lowest BCUT2D eigenvalue weighted by Crippen LogP contribution is -1.97. The van der Waals surface area contributed by atoms with Crippen LogP contribution in [0.15, 0.2) is 34.9 Å². The van der Waals surface area contributed by atoms with Crippen molar-refractivity contribution in [3.8, 4) is 0 Å². The molecule has 0 aliphatic rings. The lowest BCUT2D eigenvalue weighted by molar-refractivity contribution is 1.26. The van der Waals surface area contributed by atoms with Gasteiger partial charge < -0.3 is 11.1 Å². The average molecular weight is 313 g/mol. The molecule has 17 heavy (non-hydrogen) atoms. The summed E-state index contributed by atoms with van der Waals surface area (Å²) in [6, 6.07) is 7.41. The number of nitrogens with one attached hydrogen (secondary N) is 1. The van der Waals surface area contributed by atoms with Crippen molar-refractivity contribution in [1.82, 2.24) is 4.98 Å². The second-order valence-corrected chi connectivity index (χ2v) is 4.94. The van der Waals surface area contributed by atoms with E-state index in [0.717, 1.165) is 15.7 Å². The number of hydrogen-bond acceptors (Lipinski definition) is 3. The molecule has 1 aromatic heterocycles. The summed E-state index contributed by atoms with van der Waals surface area (Å²) in [5.74, 6) is 0.700. The molecular weight excluding hydrogens is 302 g/mol. The largest absolute Gasteiger partial charge is 0.398 e. The Labute approximate surface area is 113 Å². The van der Waals surface area contributed by atoms with E-state index in [1.807, 2.05) is 25.1 Å². The number of halogens is 2. The van der Waals surface area contributed by atoms with Crippen LogP contribution in [-0.2, 0) is 0 Å². The third-order valence-electron chi connectivity index (χ3n) is 2.34. The Kier molecular flexibility index (Phi) is 3.54. The minimum atomic E-state index is 0.648. The molecule has 0 spiro atoms. The van der Waals surface area contributed by atoms with Crippen molar-refractivity contribution in [3.63, 3.8) is 0 Å². The van der Waals surface area contributed by atoms with Crippen molar-refractivity contribution < 1.29 is 0 Å². The van der Waals surface area contributed by atoms with Crippen molar-refractivity contribution in [2.45, 2.75) is 6.92 Å². The van der Waals surface area contributed by atoms with E-state index in [9.17, 15) is 0 Å². The molecule has 0 amide bonds. The number of benzene rings is 1. The summed E-state index contributed by atoms with van der Waals surface area (Å²) in [6.45, 7) is 1.92. The second kappa shape index (κ2) is 4.94. The van der Waals surface area contributed by atoms with Gasteiger partial charge in [0.15, 0.2) is 0 Å². The molecule has 0 aliphatic heterocycles. The van der Waals surface area contributed by atoms with Crippen molar-refractivity contribution >= 4 is 44.7 Å². The Morgan fingerprint density at radius 1 is 1.35 bits per heavy atom. The van der Waals surface area contributed by atoms with Crippen molar-refractivity contribution in [3.05, 3.63) is 45.5 Å². The van der Waals surface area contributed by atoms with E-state index in [0.29, 0.717) is 16.5 Å². The molecule has 1 aromatic carbocycles. The summed E-state index contributed by atoms with van der Waals surface area (Å²) in [4.78, 5) is 4.24. The maximum absolute atomic E-state index is 6.00. The molecule has 2 rings (SSSR count). The van der Waals surface area contributed by atoms with Gasteiger partial charge >= 0.3 is 0 Å². The first-order valence-electron chi connectivity index (χ1n) is 5.00. The highest BCUT2D eigenvalue weighted by Gasteiger charge is 2.02. The highest BCUT2D eigenvalue weighted by atomic mass is 79.9. The first kappa shape index (κ1) is 12.2. The smallest absolute Gasteiger partial charge is 0.132 e. The molecule has 0 saturated carbocycles. The molecule has 0 unspecified atom stereocenters. The topological polar surface area (TPSA) is 50.9 Å². The number of rotatable bonds is 2. The number of nitrogens with two attached hydrogens (primary N) is 1. The molecule has 0 radical (unpaired) electrons. The van der Waals surface area contributed by atoms with Gasteiger partial charge in [0.1, 0.15) is 5.82 Å². The van der Waals surface area contributed by atoms with Crippen LogP contribution in [0, 0.1) is 6.92 Å². The molecule has 0 saturated heterocycles. The van der Waals surface area contributed by atoms with Gasteiger partial charge in [-0.25, -0.2) is 4.98 Å². The van der Waals surface area contributed by atoms with E-state index in [-0.39, 0.29) is 0 Å². The quantitative estimate of drug-likeness (QED) is 0.876. The lowest BCUT2D eigenvalue weighted by atomic mass is 10.2. The monoisotopic (exact) mass is 311 g/mol. The van der Waals surface area contributed by atoms with Crippen LogP contribution in [0.4, 0.5) is 17.2 Å². The summed E-state index contributed by atoms with van der Waals surface area (Å²) < 4.78 is 0.862. The molecule has 2 aromatic rings. The highest BCUT2D eigenvalue weighted by molar-refractivity contribution is 9.10. The normalized spacial score (nSPS) is 10.3. The Morgan fingerprint density at radius 2 is 2.12 bits per heavy atom. The summed E-state index contributed by atoms with van der Waals surface area (Å²) in [6.07, 6.45) is 1.73. The minimum Gasteiger partial charge on any atom is -0.398 e. The van der Waals surface area contributed by atoms with Gasteiger partial charge in [-0.3, -0.25) is 0 Å². The number of pyridine rings is 1. The number of nitrogen functional groups attached to an aromatic ring is 1. The Balaban J connectivity index is 2.25. The zero-order valence-corrected chi connectivity index (χ0v) is 11.5. The van der Waals surface area contributed by atoms with Crippen LogP contribution < -0.4 is 11.1 Å². The predicted octanol–water partition coefficient (Wildman–Crippen LogP) is 4.13. The third kappa shape index (κ3) is 2.90. The number of nitrogens with zero attached hydrogens (tertiary/aromatic N) is 1. The van der Waals surface area contributed by atoms with Crippen LogP contribution in [0.3, 0.4) is 0 Å². The van der Waals surface area contributed by atoms with Gasteiger partial charge in [0.2, 0.25) is 0 Å². The fourth-order valence-electron chi connectivity index (χ4n) is 1.33. The zero-order valence-electron chi connectivity index (χ0n) is 9.17. The zero-order chi connectivity index (χ0) is 12.4. The van der Waals surface area contributed by atoms with E-state index in [1.54, 1.807) is 12.3 Å². The number of hydrogen-bond donors (Lipinski definition) is 2. The highest BCUT2D eigenvalue weighted by Crippen LogP contribution is 2.27. The molecule has 3 N–H and O–H groups in total. The van der Waals surface area contributed by atoms with Crippen LogP contribution in [0.2, 0.25) is 5.02 Å². The predicted molar refractivity (Wildman–Crippen MR) is 75.8 cm³/mol. The van der Waals surface area contributed by atoms with E-state index in [4.69, 9.17) is 17.3 Å². The van der Waals surface area contributed by atoms with Gasteiger partial charge in [-0.2, -0.15) is 0 Å². The first-order valence-corrected chi connectivity index (χ1v) is 6.17. The van der Waals surface area contributed by atoms with Crippen LogP contribution in [0.5, 0.6) is 0 Å². The molecule has 1 heterocycles. The molecule has 88 valence electrons. The standard InChI is InChI=1S/C12H11BrClN3/c1-7-6-16-12(5-11(7)15)17-8-2-3-9(13)10(14)4-8/h2-6H,1H3,(H3,15,16,17). The van der Waals surface area contributed by atoms with Gasteiger partial charge in [0, 0.05) is 28.1 Å². The summed E-state index contributed by atoms with van der Waals surface area (Å²) >= 11 is 9.35. The number of aromatic nitrogens is 1. The van der Waals surface area contributed by atoms with Crippen LogP contribution >= 0.6 is 27.5 Å². The SMILES string of the molecule is Cc1cnc(Nc2ccc(Br)c(Cl)c2)cc1N. The Morgan fingerprint density at radius 3 is 2.76 bits per heavy atom. The van der Waals surface area contributed by atoms with Gasteiger partial charge in [0.05, 0.1) is 5.02 Å². The van der Waals surface area contributed by atoms with Gasteiger partial charge in [-0.1, -0.05) is 11.6 Å². The third-order valence-corrected chi connectivity index (χ3v) is 3.57. The van der Waals surface area contributed by atoms with Gasteiger partial charge in [-0.15, -0.1) is 0 Å². The Bertz CT molecular complexity index is 508. The summed E-state index contributed by atoms with van der Waals surface area (Å²) in [5.41, 5.74) is 8.36. The van der Waals surface area contributed by atoms with Crippen molar-refractivity contribution in [2.75, 3.05) is 11.1 Å². The summed E-state index contributed by atoms with van der Waals surface area (Å²) in [5, 5.41) is 3.79. The molecule has 0 bridgehead atoms. The Hall–Kier alpha value is -1.26. The van der Waals surface area contributed by atoms with Crippen LogP contribution in [0.1, 0.15) is 5.56 Å². The summed E-state index contributed by atoms with van der Waals surface area (Å²) in [7, 11) is 0. The van der Waals surface area contributed by atoms with Gasteiger partial charge in [0.25, 0.3) is 0 Å². The van der Waals surface area contributed by atoms with Gasteiger partial charge in [-0.05, 0) is 46.6 Å². The second-order valence-electron chi connectivity index (χ2n) is 3.68. The maximum atomic E-state index is 6.00. The van der Waals surface area contributed by atoms with Crippen LogP contribution in [-0.4, -0.2) is 4.98 Å². The van der Waals surface area contributed by atoms with Crippen molar-refractivity contribution in [1.29, 1.82) is 0 Å². The van der Waals surface area contributed by atoms with Crippen molar-refractivity contribution in [2.24, 2.45) is 0 Å². The molecular formula is C12H11BrClN3. The molecule has 5 heteroatoms. The van der Waals surface area contributed by atoms with E-state index in [1.165, 1.54) is 0 Å². The first-order chi connectivity index (χ1) is 8.06. The minimum absolute atomic E-state index is 0.648. The molecule has 0 atom stereocenters. The molecule has 0 fully saturated rings. The number of anilines is 3. The van der Waals surface area contributed by atoms with E-state index >= 15 is 0 Å². The van der Waals surface area contributed by atoms with Crippen LogP contribution in [0.25, 0.3) is 0 Å². The van der Waals surface area contributed by atoms with E-state index < -0.39 is 0 Å². The average Bonchev–Trinajstić information content (AvgIpc) is 2.29. The maximum Gasteiger partial charge on any atom is 0.132 e. The number of aryl methyl sites for hydroxylation is 1. The van der Waals surface area contributed by atoms with E-state index in [2.05, 4.69) is 26.2 Å². The lowest BCUT2D eigenvalue weighted by Gasteiger charge is -2.08. The molecule has 0 aliphatic carbocycles. The fraction of sp³-hybridized carbons (Fsp3) is 0.0833.